The van der Waals surface area contributed by atoms with Gasteiger partial charge in [-0.2, -0.15) is 0 Å². The first-order valence-corrected chi connectivity index (χ1v) is 9.19. The molecular weight excluding hydrogens is 362 g/mol. The Hall–Kier alpha value is -2.71. The Balaban J connectivity index is 1.67. The molecule has 3 aromatic rings. The molecule has 4 rings (SSSR count). The molecule has 0 unspecified atom stereocenters. The lowest BCUT2D eigenvalue weighted by atomic mass is 9.94. The van der Waals surface area contributed by atoms with Gasteiger partial charge in [-0.25, -0.2) is 4.68 Å². The molecule has 0 saturated carbocycles. The topological polar surface area (TPSA) is 68.2 Å². The van der Waals surface area contributed by atoms with Crippen LogP contribution in [0.1, 0.15) is 11.1 Å². The summed E-state index contributed by atoms with van der Waals surface area (Å²) in [6.07, 6.45) is 2.28. The van der Waals surface area contributed by atoms with Gasteiger partial charge in [0.15, 0.2) is 16.4 Å². The van der Waals surface area contributed by atoms with E-state index < -0.39 is 0 Å². The van der Waals surface area contributed by atoms with Gasteiger partial charge in [-0.3, -0.25) is 9.69 Å². The highest BCUT2D eigenvalue weighted by atomic mass is 32.1. The number of furan rings is 1. The molecule has 0 spiro atoms. The van der Waals surface area contributed by atoms with Crippen LogP contribution in [0.15, 0.2) is 47.1 Å². The second-order valence-electron chi connectivity index (χ2n) is 6.63. The van der Waals surface area contributed by atoms with Gasteiger partial charge < -0.3 is 14.3 Å². The summed E-state index contributed by atoms with van der Waals surface area (Å²) < 4.78 is 9.61. The zero-order valence-electron chi connectivity index (χ0n) is 15.3. The van der Waals surface area contributed by atoms with Crippen molar-refractivity contribution >= 4 is 18.1 Å². The Morgan fingerprint density at radius 2 is 2.07 bits per heavy atom. The third kappa shape index (κ3) is 3.22. The fraction of sp³-hybridized carbons (Fsp3) is 0.316. The van der Waals surface area contributed by atoms with E-state index in [2.05, 4.69) is 27.4 Å². The second kappa shape index (κ2) is 7.13. The summed E-state index contributed by atoms with van der Waals surface area (Å²) in [5, 5.41) is 7.41. The number of rotatable bonds is 4. The number of benzene rings is 1. The lowest BCUT2D eigenvalue weighted by Gasteiger charge is -2.35. The number of nitrogens with zero attached hydrogens (tertiary/aromatic N) is 4. The van der Waals surface area contributed by atoms with Crippen molar-refractivity contribution in [1.82, 2.24) is 24.6 Å². The van der Waals surface area contributed by atoms with Crippen LogP contribution in [-0.2, 0) is 31.5 Å². The Labute approximate surface area is 162 Å². The van der Waals surface area contributed by atoms with E-state index in [9.17, 15) is 4.79 Å². The largest absolute Gasteiger partial charge is 0.461 e. The number of carbonyl (C=O) groups is 1. The van der Waals surface area contributed by atoms with E-state index in [-0.39, 0.29) is 11.9 Å². The van der Waals surface area contributed by atoms with Crippen molar-refractivity contribution in [2.45, 2.75) is 25.7 Å². The van der Waals surface area contributed by atoms with Gasteiger partial charge in [-0.05, 0) is 41.9 Å². The van der Waals surface area contributed by atoms with Gasteiger partial charge >= 0.3 is 0 Å². The third-order valence-corrected chi connectivity index (χ3v) is 5.48. The number of hydrogen-bond donors (Lipinski definition) is 1. The van der Waals surface area contributed by atoms with Gasteiger partial charge in [-0.1, -0.05) is 24.3 Å². The molecule has 1 N–H and O–H groups in total. The molecule has 1 amide bonds. The zero-order valence-corrected chi connectivity index (χ0v) is 16.1. The highest BCUT2D eigenvalue weighted by Gasteiger charge is 2.31. The lowest BCUT2D eigenvalue weighted by molar-refractivity contribution is -0.127. The summed E-state index contributed by atoms with van der Waals surface area (Å²) in [5.74, 6) is 1.33. The number of carbonyl (C=O) groups excluding carboxylic acids is 1. The smallest absolute Gasteiger partial charge is 0.237 e. The normalized spacial score (nSPS) is 16.9. The molecule has 0 radical (unpaired) electrons. The van der Waals surface area contributed by atoms with Crippen molar-refractivity contribution in [3.63, 3.8) is 0 Å². The monoisotopic (exact) mass is 383 g/mol. The Bertz CT molecular complexity index is 1020. The molecule has 1 aliphatic rings. The Morgan fingerprint density at radius 1 is 1.30 bits per heavy atom. The molecule has 3 heterocycles. The minimum atomic E-state index is -0.263. The highest BCUT2D eigenvalue weighted by Crippen LogP contribution is 2.25. The van der Waals surface area contributed by atoms with Gasteiger partial charge in [0.05, 0.1) is 19.0 Å². The van der Waals surface area contributed by atoms with Gasteiger partial charge in [0.2, 0.25) is 5.91 Å². The van der Waals surface area contributed by atoms with E-state index in [4.69, 9.17) is 16.6 Å². The number of likely N-dealkylation sites (N-methyl/N-ethyl adjacent to an activating group) is 1. The van der Waals surface area contributed by atoms with E-state index in [0.717, 1.165) is 0 Å². The van der Waals surface area contributed by atoms with Crippen LogP contribution in [0.5, 0.6) is 0 Å². The first-order chi connectivity index (χ1) is 13.1. The van der Waals surface area contributed by atoms with E-state index in [1.807, 2.05) is 35.9 Å². The van der Waals surface area contributed by atoms with E-state index in [1.54, 1.807) is 18.0 Å². The van der Waals surface area contributed by atoms with Crippen molar-refractivity contribution in [1.29, 1.82) is 0 Å². The molecule has 27 heavy (non-hydrogen) atoms. The zero-order chi connectivity index (χ0) is 19.0. The summed E-state index contributed by atoms with van der Waals surface area (Å²) in [4.78, 5) is 14.6. The summed E-state index contributed by atoms with van der Waals surface area (Å²) in [6, 6.07) is 11.6. The molecule has 0 bridgehead atoms. The average Bonchev–Trinajstić information content (AvgIpc) is 3.31. The fourth-order valence-electron chi connectivity index (χ4n) is 3.52. The minimum absolute atomic E-state index is 0.00166. The maximum absolute atomic E-state index is 12.5. The molecule has 2 aromatic heterocycles. The Morgan fingerprint density at radius 3 is 2.78 bits per heavy atom. The quantitative estimate of drug-likeness (QED) is 0.701. The summed E-state index contributed by atoms with van der Waals surface area (Å²) in [6.45, 7) is 1.10. The highest BCUT2D eigenvalue weighted by molar-refractivity contribution is 7.71. The van der Waals surface area contributed by atoms with Crippen LogP contribution in [-0.4, -0.2) is 38.2 Å². The van der Waals surface area contributed by atoms with Gasteiger partial charge in [0, 0.05) is 20.6 Å². The molecule has 1 atom stereocenters. The third-order valence-electron chi connectivity index (χ3n) is 4.99. The molecule has 0 aliphatic carbocycles. The minimum Gasteiger partial charge on any atom is -0.461 e. The molecule has 1 aromatic carbocycles. The van der Waals surface area contributed by atoms with Crippen LogP contribution >= 0.6 is 12.2 Å². The predicted molar refractivity (Wildman–Crippen MR) is 103 cm³/mol. The van der Waals surface area contributed by atoms with Crippen molar-refractivity contribution in [3.05, 3.63) is 58.6 Å². The molecule has 1 aliphatic heterocycles. The first-order valence-electron chi connectivity index (χ1n) is 8.78. The van der Waals surface area contributed by atoms with Crippen LogP contribution < -0.4 is 5.32 Å². The molecular formula is C19H21N5O2S. The number of aromatic nitrogens is 3. The average molecular weight is 383 g/mol. The number of hydrogen-bond acceptors (Lipinski definition) is 5. The molecule has 0 saturated heterocycles. The van der Waals surface area contributed by atoms with Crippen LogP contribution in [0, 0.1) is 4.77 Å². The molecule has 8 heteroatoms. The standard InChI is InChI=1S/C19H21N5O2S/c1-20-18(25)15-10-13-6-3-4-7-14(13)11-23(15)12-24-19(27)22(2)17(21-24)16-8-5-9-26-16/h3-9,15H,10-12H2,1-2H3,(H,20,25)/t15-/m0/s1. The second-order valence-corrected chi connectivity index (χ2v) is 7.00. The van der Waals surface area contributed by atoms with Crippen LogP contribution in [0.3, 0.4) is 0 Å². The molecule has 140 valence electrons. The van der Waals surface area contributed by atoms with E-state index in [1.165, 1.54) is 11.1 Å². The van der Waals surface area contributed by atoms with Crippen LogP contribution in [0.25, 0.3) is 11.6 Å². The maximum atomic E-state index is 12.5. The van der Waals surface area contributed by atoms with Crippen LogP contribution in [0.2, 0.25) is 0 Å². The predicted octanol–water partition coefficient (Wildman–Crippen LogP) is 2.34. The summed E-state index contributed by atoms with van der Waals surface area (Å²) in [7, 11) is 3.54. The SMILES string of the molecule is CNC(=O)[C@@H]1Cc2ccccc2CN1Cn1nc(-c2ccco2)n(C)c1=S. The number of amides is 1. The summed E-state index contributed by atoms with van der Waals surface area (Å²) in [5.41, 5.74) is 2.44. The molecule has 0 fully saturated rings. The summed E-state index contributed by atoms with van der Waals surface area (Å²) >= 11 is 5.56. The van der Waals surface area contributed by atoms with Gasteiger partial charge in [-0.15, -0.1) is 5.10 Å². The van der Waals surface area contributed by atoms with Crippen molar-refractivity contribution < 1.29 is 9.21 Å². The lowest BCUT2D eigenvalue weighted by Crippen LogP contribution is -2.50. The van der Waals surface area contributed by atoms with E-state index in [0.29, 0.717) is 36.0 Å². The van der Waals surface area contributed by atoms with Crippen molar-refractivity contribution in [2.75, 3.05) is 7.05 Å². The van der Waals surface area contributed by atoms with Crippen LogP contribution in [0.4, 0.5) is 0 Å². The van der Waals surface area contributed by atoms with Crippen molar-refractivity contribution in [3.8, 4) is 11.6 Å². The maximum Gasteiger partial charge on any atom is 0.237 e. The van der Waals surface area contributed by atoms with Gasteiger partial charge in [0.25, 0.3) is 0 Å². The van der Waals surface area contributed by atoms with Crippen molar-refractivity contribution in [2.24, 2.45) is 7.05 Å². The number of nitrogens with one attached hydrogen (secondary N) is 1. The van der Waals surface area contributed by atoms with E-state index >= 15 is 0 Å². The number of fused-ring (bicyclic) bond motifs is 1. The van der Waals surface area contributed by atoms with Gasteiger partial charge in [0.1, 0.15) is 0 Å². The fourth-order valence-corrected chi connectivity index (χ4v) is 3.71. The molecule has 7 nitrogen and oxygen atoms in total. The Kier molecular flexibility index (Phi) is 4.67. The first kappa shape index (κ1) is 17.7.